The van der Waals surface area contributed by atoms with Crippen molar-refractivity contribution in [3.8, 4) is 0 Å². The Hall–Kier alpha value is -0.660. The fourth-order valence-electron chi connectivity index (χ4n) is 4.67. The van der Waals surface area contributed by atoms with E-state index < -0.39 is 10.0 Å². The van der Waals surface area contributed by atoms with E-state index in [0.717, 1.165) is 31.6 Å². The third-order valence-electron chi connectivity index (χ3n) is 6.23. The molecule has 1 amide bonds. The summed E-state index contributed by atoms with van der Waals surface area (Å²) in [6, 6.07) is -0.496. The highest BCUT2D eigenvalue weighted by atomic mass is 32.2. The van der Waals surface area contributed by atoms with Crippen molar-refractivity contribution in [2.45, 2.75) is 91.3 Å². The van der Waals surface area contributed by atoms with E-state index in [4.69, 9.17) is 4.74 Å². The van der Waals surface area contributed by atoms with Crippen LogP contribution in [-0.4, -0.2) is 56.3 Å². The number of carbonyl (C=O) groups is 1. The van der Waals surface area contributed by atoms with Crippen LogP contribution in [0.25, 0.3) is 0 Å². The third-order valence-corrected chi connectivity index (χ3v) is 8.00. The van der Waals surface area contributed by atoms with Crippen molar-refractivity contribution in [3.63, 3.8) is 0 Å². The summed E-state index contributed by atoms with van der Waals surface area (Å²) >= 11 is 0. The van der Waals surface area contributed by atoms with Gasteiger partial charge in [-0.1, -0.05) is 27.7 Å². The molecule has 2 atom stereocenters. The molecule has 164 valence electrons. The minimum absolute atomic E-state index is 0.00938. The van der Waals surface area contributed by atoms with Crippen LogP contribution in [0.2, 0.25) is 0 Å². The molecule has 6 nitrogen and oxygen atoms in total. The number of rotatable bonds is 8. The summed E-state index contributed by atoms with van der Waals surface area (Å²) in [7, 11) is -3.37. The topological polar surface area (TPSA) is 75.7 Å². The highest BCUT2D eigenvalue weighted by Crippen LogP contribution is 2.31. The molecule has 0 aromatic heterocycles. The Balaban J connectivity index is 1.99. The van der Waals surface area contributed by atoms with Gasteiger partial charge < -0.3 is 9.64 Å². The van der Waals surface area contributed by atoms with Gasteiger partial charge in [0, 0.05) is 19.5 Å². The third kappa shape index (κ3) is 6.99. The van der Waals surface area contributed by atoms with Crippen molar-refractivity contribution >= 4 is 15.9 Å². The highest BCUT2D eigenvalue weighted by Gasteiger charge is 2.36. The Kier molecular flexibility index (Phi) is 8.77. The van der Waals surface area contributed by atoms with E-state index >= 15 is 0 Å². The molecule has 0 radical (unpaired) electrons. The molecule has 1 saturated heterocycles. The number of amides is 1. The van der Waals surface area contributed by atoms with E-state index in [1.165, 1.54) is 12.8 Å². The molecular formula is C21H40N2O4S. The molecule has 2 rings (SSSR count). The van der Waals surface area contributed by atoms with Crippen molar-refractivity contribution in [1.29, 1.82) is 0 Å². The monoisotopic (exact) mass is 416 g/mol. The second-order valence-electron chi connectivity index (χ2n) is 9.44. The Morgan fingerprint density at radius 2 is 1.75 bits per heavy atom. The molecule has 1 heterocycles. The van der Waals surface area contributed by atoms with Crippen LogP contribution in [-0.2, 0) is 19.6 Å². The van der Waals surface area contributed by atoms with Crippen molar-refractivity contribution in [1.82, 2.24) is 9.62 Å². The number of likely N-dealkylation sites (tertiary alicyclic amines) is 1. The smallest absolute Gasteiger partial charge is 0.219 e. The molecule has 0 unspecified atom stereocenters. The predicted molar refractivity (Wildman–Crippen MR) is 112 cm³/mol. The van der Waals surface area contributed by atoms with E-state index in [-0.39, 0.29) is 35.8 Å². The molecule has 1 saturated carbocycles. The molecule has 28 heavy (non-hydrogen) atoms. The fourth-order valence-corrected chi connectivity index (χ4v) is 6.38. The number of hydrogen-bond acceptors (Lipinski definition) is 4. The van der Waals surface area contributed by atoms with Crippen LogP contribution in [0.4, 0.5) is 0 Å². The van der Waals surface area contributed by atoms with Gasteiger partial charge in [0.25, 0.3) is 0 Å². The van der Waals surface area contributed by atoms with Crippen molar-refractivity contribution < 1.29 is 17.9 Å². The Morgan fingerprint density at radius 3 is 2.29 bits per heavy atom. The molecule has 0 aromatic rings. The van der Waals surface area contributed by atoms with Crippen LogP contribution >= 0.6 is 0 Å². The molecular weight excluding hydrogens is 376 g/mol. The van der Waals surface area contributed by atoms with E-state index in [1.54, 1.807) is 11.8 Å². The molecule has 1 aliphatic heterocycles. The molecule has 2 aliphatic rings. The molecule has 1 aliphatic carbocycles. The molecule has 0 aromatic carbocycles. The van der Waals surface area contributed by atoms with Crippen LogP contribution in [0.1, 0.15) is 73.1 Å². The lowest BCUT2D eigenvalue weighted by Crippen LogP contribution is -2.59. The largest absolute Gasteiger partial charge is 0.376 e. The van der Waals surface area contributed by atoms with Crippen molar-refractivity contribution in [3.05, 3.63) is 0 Å². The first-order chi connectivity index (χ1) is 13.1. The van der Waals surface area contributed by atoms with Gasteiger partial charge in [0.15, 0.2) is 0 Å². The predicted octanol–water partition coefficient (Wildman–Crippen LogP) is 3.17. The average molecular weight is 417 g/mol. The Labute approximate surface area is 171 Å². The van der Waals surface area contributed by atoms with E-state index in [1.807, 2.05) is 13.8 Å². The number of carbonyl (C=O) groups excluding carboxylic acids is 1. The summed E-state index contributed by atoms with van der Waals surface area (Å²) in [5.41, 5.74) is 0. The van der Waals surface area contributed by atoms with Crippen molar-refractivity contribution in [2.24, 2.45) is 17.8 Å². The zero-order valence-electron chi connectivity index (χ0n) is 18.3. The summed E-state index contributed by atoms with van der Waals surface area (Å²) in [5, 5.41) is 0. The van der Waals surface area contributed by atoms with Gasteiger partial charge in [-0.15, -0.1) is 0 Å². The Morgan fingerprint density at radius 1 is 1.11 bits per heavy atom. The normalized spacial score (nSPS) is 29.5. The van der Waals surface area contributed by atoms with Gasteiger partial charge in [0.05, 0.1) is 24.5 Å². The summed E-state index contributed by atoms with van der Waals surface area (Å²) in [6.07, 6.45) is 6.26. The zero-order valence-corrected chi connectivity index (χ0v) is 19.1. The van der Waals surface area contributed by atoms with Crippen LogP contribution in [0.5, 0.6) is 0 Å². The number of nitrogens with zero attached hydrogens (tertiary/aromatic N) is 1. The molecule has 1 N–H and O–H groups in total. The van der Waals surface area contributed by atoms with Crippen LogP contribution in [0.15, 0.2) is 0 Å². The highest BCUT2D eigenvalue weighted by molar-refractivity contribution is 7.89. The first-order valence-electron chi connectivity index (χ1n) is 11.0. The minimum Gasteiger partial charge on any atom is -0.376 e. The fraction of sp³-hybridized carbons (Fsp3) is 0.952. The maximum Gasteiger partial charge on any atom is 0.219 e. The van der Waals surface area contributed by atoms with Gasteiger partial charge in [-0.2, -0.15) is 0 Å². The lowest BCUT2D eigenvalue weighted by Gasteiger charge is -2.42. The number of piperidine rings is 1. The lowest BCUT2D eigenvalue weighted by molar-refractivity contribution is -0.136. The van der Waals surface area contributed by atoms with E-state index in [2.05, 4.69) is 18.6 Å². The lowest BCUT2D eigenvalue weighted by atomic mass is 9.80. The van der Waals surface area contributed by atoms with E-state index in [9.17, 15) is 13.2 Å². The number of ether oxygens (including phenoxy) is 1. The number of nitrogens with one attached hydrogen (secondary N) is 1. The van der Waals surface area contributed by atoms with Crippen LogP contribution in [0, 0.1) is 17.8 Å². The van der Waals surface area contributed by atoms with Gasteiger partial charge >= 0.3 is 0 Å². The molecule has 7 heteroatoms. The van der Waals surface area contributed by atoms with Gasteiger partial charge in [0.2, 0.25) is 15.9 Å². The summed E-state index contributed by atoms with van der Waals surface area (Å²) in [5.74, 6) is 1.66. The first-order valence-corrected chi connectivity index (χ1v) is 12.6. The van der Waals surface area contributed by atoms with E-state index in [0.29, 0.717) is 19.1 Å². The standard InChI is InChI=1S/C21H40N2O4S/c1-15(2)14-28(25,26)22-20-7-6-12-23(17(5)24)21(20)13-27-19-10-8-18(9-11-19)16(3)4/h15-16,18-22H,6-14H2,1-5H3/t18?,19?,20-,21-/m0/s1. The minimum atomic E-state index is -3.37. The SMILES string of the molecule is CC(=O)N1CCC[C@H](NS(=O)(=O)CC(C)C)[C@@H]1COC1CCC(C(C)C)CC1. The maximum absolute atomic E-state index is 12.5. The quantitative estimate of drug-likeness (QED) is 0.659. The first kappa shape index (κ1) is 23.6. The maximum atomic E-state index is 12.5. The summed E-state index contributed by atoms with van der Waals surface area (Å²) in [6.45, 7) is 11.0. The van der Waals surface area contributed by atoms with Gasteiger partial charge in [-0.05, 0) is 56.3 Å². The zero-order chi connectivity index (χ0) is 20.9. The van der Waals surface area contributed by atoms with Crippen LogP contribution in [0.3, 0.4) is 0 Å². The van der Waals surface area contributed by atoms with Gasteiger partial charge in [0.1, 0.15) is 0 Å². The second kappa shape index (κ2) is 10.4. The summed E-state index contributed by atoms with van der Waals surface area (Å²) in [4.78, 5) is 14.0. The molecule has 2 fully saturated rings. The van der Waals surface area contributed by atoms with Crippen molar-refractivity contribution in [2.75, 3.05) is 18.9 Å². The molecule has 0 spiro atoms. The average Bonchev–Trinajstić information content (AvgIpc) is 2.59. The summed E-state index contributed by atoms with van der Waals surface area (Å²) < 4.78 is 34.1. The van der Waals surface area contributed by atoms with Gasteiger partial charge in [-0.3, -0.25) is 4.79 Å². The second-order valence-corrected chi connectivity index (χ2v) is 11.2. The number of hydrogen-bond donors (Lipinski definition) is 1. The Bertz CT molecular complexity index is 598. The van der Waals surface area contributed by atoms with Crippen LogP contribution < -0.4 is 4.72 Å². The molecule has 0 bridgehead atoms. The van der Waals surface area contributed by atoms with Gasteiger partial charge in [-0.25, -0.2) is 13.1 Å². The number of sulfonamides is 1.